The van der Waals surface area contributed by atoms with Crippen LogP contribution in [0.15, 0.2) is 36.4 Å². The molecule has 0 radical (unpaired) electrons. The van der Waals surface area contributed by atoms with Crippen LogP contribution in [0.2, 0.25) is 0 Å². The summed E-state index contributed by atoms with van der Waals surface area (Å²) in [4.78, 5) is 29.7. The van der Waals surface area contributed by atoms with E-state index in [9.17, 15) is 14.0 Å². The standard InChI is InChI=1S/C21H20FN3O4S/c1-11(2)18(24-19(26)12-5-3-4-6-13(12)22)20(27)25-21-23-14-9-15-16(10-17(14)30-21)29-8-7-28-15/h3-6,9-11,18H,7-8H2,1-2H3,(H,24,26)(H,23,25,27)/t18-/m0/s1. The maximum atomic E-state index is 13.9. The summed E-state index contributed by atoms with van der Waals surface area (Å²) >= 11 is 1.29. The average Bonchev–Trinajstić information content (AvgIpc) is 3.10. The van der Waals surface area contributed by atoms with Crippen LogP contribution in [-0.2, 0) is 4.79 Å². The molecule has 0 saturated heterocycles. The summed E-state index contributed by atoms with van der Waals surface area (Å²) in [5, 5.41) is 5.76. The van der Waals surface area contributed by atoms with Gasteiger partial charge in [-0.3, -0.25) is 9.59 Å². The van der Waals surface area contributed by atoms with Crippen LogP contribution in [0.1, 0.15) is 24.2 Å². The van der Waals surface area contributed by atoms with Crippen LogP contribution in [0.5, 0.6) is 11.5 Å². The molecule has 0 unspecified atom stereocenters. The summed E-state index contributed by atoms with van der Waals surface area (Å²) in [7, 11) is 0. The van der Waals surface area contributed by atoms with E-state index in [1.807, 2.05) is 6.07 Å². The van der Waals surface area contributed by atoms with Crippen molar-refractivity contribution in [3.05, 3.63) is 47.8 Å². The molecule has 1 aromatic heterocycles. The monoisotopic (exact) mass is 429 g/mol. The Bertz CT molecular complexity index is 1070. The highest BCUT2D eigenvalue weighted by Gasteiger charge is 2.26. The number of halogens is 1. The number of aromatic nitrogens is 1. The molecular weight excluding hydrogens is 409 g/mol. The number of benzene rings is 2. The number of ether oxygens (including phenoxy) is 2. The molecule has 1 aliphatic rings. The first kappa shape index (κ1) is 20.1. The fourth-order valence-corrected chi connectivity index (χ4v) is 3.98. The van der Waals surface area contributed by atoms with Gasteiger partial charge in [0.1, 0.15) is 25.1 Å². The van der Waals surface area contributed by atoms with Gasteiger partial charge in [0, 0.05) is 12.1 Å². The van der Waals surface area contributed by atoms with Gasteiger partial charge in [-0.2, -0.15) is 0 Å². The van der Waals surface area contributed by atoms with Gasteiger partial charge in [0.2, 0.25) is 5.91 Å². The lowest BCUT2D eigenvalue weighted by Crippen LogP contribution is -2.47. The summed E-state index contributed by atoms with van der Waals surface area (Å²) in [5.41, 5.74) is 0.567. The SMILES string of the molecule is CC(C)[C@H](NC(=O)c1ccccc1F)C(=O)Nc1nc2cc3c(cc2s1)OCCO3. The Morgan fingerprint density at radius 2 is 1.83 bits per heavy atom. The number of nitrogens with one attached hydrogen (secondary N) is 2. The summed E-state index contributed by atoms with van der Waals surface area (Å²) in [6, 6.07) is 8.39. The molecular formula is C21H20FN3O4S. The van der Waals surface area contributed by atoms with Crippen molar-refractivity contribution in [3.8, 4) is 11.5 Å². The second kappa shape index (κ2) is 8.27. The first-order valence-electron chi connectivity index (χ1n) is 9.49. The lowest BCUT2D eigenvalue weighted by Gasteiger charge is -2.21. The zero-order chi connectivity index (χ0) is 21.3. The van der Waals surface area contributed by atoms with Gasteiger partial charge in [-0.25, -0.2) is 9.37 Å². The molecule has 0 aliphatic carbocycles. The molecule has 3 aromatic rings. The summed E-state index contributed by atoms with van der Waals surface area (Å²) in [6.45, 7) is 4.56. The van der Waals surface area contributed by atoms with Crippen LogP contribution >= 0.6 is 11.3 Å². The minimum Gasteiger partial charge on any atom is -0.486 e. The van der Waals surface area contributed by atoms with E-state index in [0.717, 1.165) is 4.70 Å². The topological polar surface area (TPSA) is 89.6 Å². The predicted octanol–water partition coefficient (Wildman–Crippen LogP) is 3.60. The molecule has 0 fully saturated rings. The average molecular weight is 429 g/mol. The number of carbonyl (C=O) groups excluding carboxylic acids is 2. The zero-order valence-corrected chi connectivity index (χ0v) is 17.2. The Balaban J connectivity index is 1.51. The third kappa shape index (κ3) is 4.06. The van der Waals surface area contributed by atoms with Gasteiger partial charge in [-0.05, 0) is 18.1 Å². The fraction of sp³-hybridized carbons (Fsp3) is 0.286. The highest BCUT2D eigenvalue weighted by molar-refractivity contribution is 7.22. The molecule has 2 N–H and O–H groups in total. The van der Waals surface area contributed by atoms with Crippen molar-refractivity contribution in [2.45, 2.75) is 19.9 Å². The zero-order valence-electron chi connectivity index (χ0n) is 16.4. The fourth-order valence-electron chi connectivity index (χ4n) is 3.10. The van der Waals surface area contributed by atoms with Gasteiger partial charge in [-0.15, -0.1) is 0 Å². The van der Waals surface area contributed by atoms with Gasteiger partial charge in [0.15, 0.2) is 16.6 Å². The third-order valence-corrected chi connectivity index (χ3v) is 5.57. The Hall–Kier alpha value is -3.20. The van der Waals surface area contributed by atoms with Crippen LogP contribution in [-0.4, -0.2) is 36.1 Å². The maximum Gasteiger partial charge on any atom is 0.254 e. The quantitative estimate of drug-likeness (QED) is 0.647. The van der Waals surface area contributed by atoms with Crippen molar-refractivity contribution >= 4 is 38.5 Å². The lowest BCUT2D eigenvalue weighted by atomic mass is 10.0. The van der Waals surface area contributed by atoms with E-state index in [0.29, 0.717) is 35.4 Å². The van der Waals surface area contributed by atoms with Crippen molar-refractivity contribution in [1.82, 2.24) is 10.3 Å². The van der Waals surface area contributed by atoms with Crippen LogP contribution < -0.4 is 20.1 Å². The van der Waals surface area contributed by atoms with E-state index in [1.165, 1.54) is 29.5 Å². The van der Waals surface area contributed by atoms with Crippen molar-refractivity contribution in [2.24, 2.45) is 5.92 Å². The molecule has 156 valence electrons. The van der Waals surface area contributed by atoms with E-state index in [1.54, 1.807) is 26.0 Å². The normalized spacial score (nSPS) is 13.9. The third-order valence-electron chi connectivity index (χ3n) is 4.64. The van der Waals surface area contributed by atoms with Gasteiger partial charge in [0.05, 0.1) is 15.8 Å². The Morgan fingerprint density at radius 1 is 1.13 bits per heavy atom. The molecule has 0 saturated carbocycles. The largest absolute Gasteiger partial charge is 0.486 e. The molecule has 9 heteroatoms. The molecule has 1 atom stereocenters. The summed E-state index contributed by atoms with van der Waals surface area (Å²) < 4.78 is 25.9. The van der Waals surface area contributed by atoms with Crippen LogP contribution in [0.3, 0.4) is 0 Å². The summed E-state index contributed by atoms with van der Waals surface area (Å²) in [6.07, 6.45) is 0. The first-order valence-corrected chi connectivity index (χ1v) is 10.3. The van der Waals surface area contributed by atoms with E-state index < -0.39 is 23.7 Å². The first-order chi connectivity index (χ1) is 14.4. The smallest absolute Gasteiger partial charge is 0.254 e. The molecule has 1 aliphatic heterocycles. The van der Waals surface area contributed by atoms with E-state index >= 15 is 0 Å². The molecule has 2 heterocycles. The molecule has 7 nitrogen and oxygen atoms in total. The molecule has 2 amide bonds. The number of amides is 2. The van der Waals surface area contributed by atoms with E-state index in [-0.39, 0.29) is 11.5 Å². The molecule has 0 bridgehead atoms. The van der Waals surface area contributed by atoms with Crippen LogP contribution in [0, 0.1) is 11.7 Å². The number of hydrogen-bond acceptors (Lipinski definition) is 6. The number of carbonyl (C=O) groups is 2. The number of hydrogen-bond donors (Lipinski definition) is 2. The van der Waals surface area contributed by atoms with Crippen molar-refractivity contribution in [2.75, 3.05) is 18.5 Å². The number of rotatable bonds is 5. The second-order valence-electron chi connectivity index (χ2n) is 7.15. The van der Waals surface area contributed by atoms with Gasteiger partial charge >= 0.3 is 0 Å². The predicted molar refractivity (Wildman–Crippen MR) is 112 cm³/mol. The number of thiazole rings is 1. The van der Waals surface area contributed by atoms with Crippen molar-refractivity contribution in [1.29, 1.82) is 0 Å². The molecule has 30 heavy (non-hydrogen) atoms. The molecule has 4 rings (SSSR count). The van der Waals surface area contributed by atoms with E-state index in [4.69, 9.17) is 9.47 Å². The van der Waals surface area contributed by atoms with Gasteiger partial charge < -0.3 is 20.1 Å². The second-order valence-corrected chi connectivity index (χ2v) is 8.18. The summed E-state index contributed by atoms with van der Waals surface area (Å²) in [5.74, 6) is -0.664. The van der Waals surface area contributed by atoms with Crippen LogP contribution in [0.4, 0.5) is 9.52 Å². The number of anilines is 1. The Labute approximate surface area is 176 Å². The van der Waals surface area contributed by atoms with E-state index in [2.05, 4.69) is 15.6 Å². The Kier molecular flexibility index (Phi) is 5.54. The lowest BCUT2D eigenvalue weighted by molar-refractivity contribution is -0.118. The highest BCUT2D eigenvalue weighted by Crippen LogP contribution is 2.37. The van der Waals surface area contributed by atoms with Crippen molar-refractivity contribution in [3.63, 3.8) is 0 Å². The minimum absolute atomic E-state index is 0.110. The molecule has 0 spiro atoms. The number of nitrogens with zero attached hydrogens (tertiary/aromatic N) is 1. The number of fused-ring (bicyclic) bond motifs is 2. The maximum absolute atomic E-state index is 13.9. The van der Waals surface area contributed by atoms with Crippen LogP contribution in [0.25, 0.3) is 10.2 Å². The minimum atomic E-state index is -0.857. The van der Waals surface area contributed by atoms with Gasteiger partial charge in [-0.1, -0.05) is 37.3 Å². The Morgan fingerprint density at radius 3 is 2.53 bits per heavy atom. The van der Waals surface area contributed by atoms with Crippen molar-refractivity contribution < 1.29 is 23.5 Å². The highest BCUT2D eigenvalue weighted by atomic mass is 32.1. The molecule has 2 aromatic carbocycles. The van der Waals surface area contributed by atoms with Gasteiger partial charge in [0.25, 0.3) is 5.91 Å².